The van der Waals surface area contributed by atoms with E-state index in [2.05, 4.69) is 12.2 Å². The van der Waals surface area contributed by atoms with Crippen LogP contribution >= 0.6 is 23.1 Å². The Morgan fingerprint density at radius 3 is 2.73 bits per heavy atom. The summed E-state index contributed by atoms with van der Waals surface area (Å²) in [5.74, 6) is 2.75. The van der Waals surface area contributed by atoms with E-state index in [1.807, 2.05) is 32.1 Å². The van der Waals surface area contributed by atoms with Crippen LogP contribution in [0, 0.1) is 5.92 Å². The summed E-state index contributed by atoms with van der Waals surface area (Å²) in [5, 5.41) is 5.30. The van der Waals surface area contributed by atoms with Crippen molar-refractivity contribution in [2.45, 2.75) is 76.3 Å². The van der Waals surface area contributed by atoms with E-state index in [0.29, 0.717) is 11.7 Å². The summed E-state index contributed by atoms with van der Waals surface area (Å²) in [6.07, 6.45) is 5.90. The van der Waals surface area contributed by atoms with E-state index in [9.17, 15) is 4.79 Å². The number of nitrogens with one attached hydrogen (secondary N) is 1. The van der Waals surface area contributed by atoms with Crippen molar-refractivity contribution in [2.24, 2.45) is 5.92 Å². The molecule has 2 heterocycles. The molecule has 140 valence electrons. The normalized spacial score (nSPS) is 20.2. The molecule has 0 aliphatic heterocycles. The quantitative estimate of drug-likeness (QED) is 0.608. The van der Waals surface area contributed by atoms with Crippen molar-refractivity contribution in [2.75, 3.05) is 5.75 Å². The van der Waals surface area contributed by atoms with E-state index in [0.717, 1.165) is 34.4 Å². The van der Waals surface area contributed by atoms with Crippen LogP contribution in [0.3, 0.4) is 0 Å². The van der Waals surface area contributed by atoms with Crippen molar-refractivity contribution in [3.8, 4) is 0 Å². The van der Waals surface area contributed by atoms with Crippen LogP contribution < -0.4 is 5.32 Å². The van der Waals surface area contributed by atoms with E-state index in [1.54, 1.807) is 11.8 Å². The molecule has 26 heavy (non-hydrogen) atoms. The van der Waals surface area contributed by atoms with E-state index >= 15 is 0 Å². The molecule has 0 aromatic carbocycles. The minimum Gasteiger partial charge on any atom is -0.351 e. The Labute approximate surface area is 163 Å². The zero-order chi connectivity index (χ0) is 18.5. The van der Waals surface area contributed by atoms with Crippen LogP contribution in [0.5, 0.6) is 0 Å². The number of carbonyl (C=O) groups is 1. The van der Waals surface area contributed by atoms with Crippen LogP contribution in [0.4, 0.5) is 0 Å². The molecule has 2 aliphatic carbocycles. The van der Waals surface area contributed by atoms with Gasteiger partial charge in [-0.05, 0) is 64.4 Å². The topological polar surface area (TPSA) is 54.9 Å². The lowest BCUT2D eigenvalue weighted by atomic mass is 9.89. The van der Waals surface area contributed by atoms with Gasteiger partial charge >= 0.3 is 0 Å². The second kappa shape index (κ2) is 6.79. The third-order valence-electron chi connectivity index (χ3n) is 4.94. The van der Waals surface area contributed by atoms with Crippen molar-refractivity contribution >= 4 is 39.2 Å². The lowest BCUT2D eigenvalue weighted by molar-refractivity contribution is -0.119. The van der Waals surface area contributed by atoms with Crippen molar-refractivity contribution in [1.29, 1.82) is 0 Å². The van der Waals surface area contributed by atoms with Crippen LogP contribution in [0.2, 0.25) is 0 Å². The summed E-state index contributed by atoms with van der Waals surface area (Å²) in [4.78, 5) is 24.7. The number of hydrogen-bond acceptors (Lipinski definition) is 5. The first kappa shape index (κ1) is 18.2. The molecule has 4 nitrogen and oxygen atoms in total. The summed E-state index contributed by atoms with van der Waals surface area (Å²) in [6, 6.07) is 0. The highest BCUT2D eigenvalue weighted by Crippen LogP contribution is 2.44. The molecule has 1 saturated carbocycles. The van der Waals surface area contributed by atoms with Crippen molar-refractivity contribution in [1.82, 2.24) is 15.3 Å². The Balaban J connectivity index is 1.66. The SMILES string of the molecule is CC1CCc2c(sc3nc(C4CC4)nc(SCC(=O)NC(C)(C)C)c23)C1. The second-order valence-electron chi connectivity index (χ2n) is 8.78. The van der Waals surface area contributed by atoms with Gasteiger partial charge in [0.2, 0.25) is 5.91 Å². The largest absolute Gasteiger partial charge is 0.351 e. The summed E-state index contributed by atoms with van der Waals surface area (Å²) in [7, 11) is 0. The number of rotatable bonds is 4. The Hall–Kier alpha value is -1.14. The maximum absolute atomic E-state index is 12.3. The Morgan fingerprint density at radius 1 is 1.27 bits per heavy atom. The first-order valence-electron chi connectivity index (χ1n) is 9.56. The highest BCUT2D eigenvalue weighted by molar-refractivity contribution is 8.00. The summed E-state index contributed by atoms with van der Waals surface area (Å²) in [5.41, 5.74) is 1.25. The molecule has 0 spiro atoms. The van der Waals surface area contributed by atoms with Crippen molar-refractivity contribution in [3.63, 3.8) is 0 Å². The van der Waals surface area contributed by atoms with Crippen LogP contribution in [0.15, 0.2) is 5.03 Å². The van der Waals surface area contributed by atoms with Gasteiger partial charge in [0.05, 0.1) is 5.75 Å². The number of thiophene rings is 1. The van der Waals surface area contributed by atoms with Gasteiger partial charge in [0.25, 0.3) is 0 Å². The van der Waals surface area contributed by atoms with Gasteiger partial charge in [-0.2, -0.15) is 0 Å². The van der Waals surface area contributed by atoms with E-state index in [-0.39, 0.29) is 11.4 Å². The first-order valence-corrected chi connectivity index (χ1v) is 11.4. The summed E-state index contributed by atoms with van der Waals surface area (Å²) < 4.78 is 0. The lowest BCUT2D eigenvalue weighted by Crippen LogP contribution is -2.41. The van der Waals surface area contributed by atoms with Crippen LogP contribution in [0.1, 0.15) is 69.1 Å². The van der Waals surface area contributed by atoms with Gasteiger partial charge in [0, 0.05) is 21.7 Å². The maximum Gasteiger partial charge on any atom is 0.230 e. The van der Waals surface area contributed by atoms with Gasteiger partial charge in [-0.25, -0.2) is 9.97 Å². The number of nitrogens with zero attached hydrogens (tertiary/aromatic N) is 2. The van der Waals surface area contributed by atoms with Gasteiger partial charge in [0.15, 0.2) is 0 Å². The molecule has 2 aromatic heterocycles. The standard InChI is InChI=1S/C20H27N3OS2/c1-11-5-8-13-14(9-11)26-19-16(13)18(21-17(22-19)12-6-7-12)25-10-15(24)23-20(2,3)4/h11-12H,5-10H2,1-4H3,(H,23,24). The fourth-order valence-electron chi connectivity index (χ4n) is 3.54. The van der Waals surface area contributed by atoms with E-state index < -0.39 is 0 Å². The third-order valence-corrected chi connectivity index (χ3v) is 7.06. The molecule has 4 rings (SSSR count). The molecule has 2 aromatic rings. The average molecular weight is 390 g/mol. The molecule has 1 N–H and O–H groups in total. The smallest absolute Gasteiger partial charge is 0.230 e. The number of aryl methyl sites for hydroxylation is 1. The predicted molar refractivity (Wildman–Crippen MR) is 109 cm³/mol. The number of aromatic nitrogens is 2. The minimum absolute atomic E-state index is 0.0694. The molecule has 1 unspecified atom stereocenters. The molecule has 6 heteroatoms. The Bertz CT molecular complexity index is 849. The molecule has 0 radical (unpaired) electrons. The van der Waals surface area contributed by atoms with Crippen LogP contribution in [-0.4, -0.2) is 27.2 Å². The average Bonchev–Trinajstić information content (AvgIpc) is 3.32. The van der Waals surface area contributed by atoms with Gasteiger partial charge in [-0.3, -0.25) is 4.79 Å². The van der Waals surface area contributed by atoms with Gasteiger partial charge in [0.1, 0.15) is 15.7 Å². The Kier molecular flexibility index (Phi) is 4.76. The number of amides is 1. The van der Waals surface area contributed by atoms with Crippen LogP contribution in [0.25, 0.3) is 10.2 Å². The fraction of sp³-hybridized carbons (Fsp3) is 0.650. The fourth-order valence-corrected chi connectivity index (χ4v) is 5.86. The summed E-state index contributed by atoms with van der Waals surface area (Å²) in [6.45, 7) is 8.38. The number of thioether (sulfide) groups is 1. The molecule has 1 atom stereocenters. The molecule has 0 bridgehead atoms. The van der Waals surface area contributed by atoms with E-state index in [1.165, 1.54) is 35.1 Å². The van der Waals surface area contributed by atoms with Gasteiger partial charge in [-0.15, -0.1) is 11.3 Å². The predicted octanol–water partition coefficient (Wildman–Crippen LogP) is 4.70. The zero-order valence-corrected chi connectivity index (χ0v) is 17.6. The number of fused-ring (bicyclic) bond motifs is 3. The Morgan fingerprint density at radius 2 is 2.04 bits per heavy atom. The number of hydrogen-bond donors (Lipinski definition) is 1. The molecule has 1 amide bonds. The third kappa shape index (κ3) is 3.91. The lowest BCUT2D eigenvalue weighted by Gasteiger charge is -2.20. The molecule has 2 aliphatic rings. The molecule has 0 saturated heterocycles. The van der Waals surface area contributed by atoms with Crippen LogP contribution in [-0.2, 0) is 17.6 Å². The highest BCUT2D eigenvalue weighted by atomic mass is 32.2. The summed E-state index contributed by atoms with van der Waals surface area (Å²) >= 11 is 3.44. The second-order valence-corrected chi connectivity index (χ2v) is 10.8. The first-order chi connectivity index (χ1) is 12.3. The van der Waals surface area contributed by atoms with Gasteiger partial charge in [-0.1, -0.05) is 18.7 Å². The maximum atomic E-state index is 12.3. The van der Waals surface area contributed by atoms with Gasteiger partial charge < -0.3 is 5.32 Å². The minimum atomic E-state index is -0.199. The molecular formula is C20H27N3OS2. The molecular weight excluding hydrogens is 362 g/mol. The van der Waals surface area contributed by atoms with Crippen molar-refractivity contribution in [3.05, 3.63) is 16.3 Å². The monoisotopic (exact) mass is 389 g/mol. The molecule has 1 fully saturated rings. The van der Waals surface area contributed by atoms with E-state index in [4.69, 9.17) is 9.97 Å². The van der Waals surface area contributed by atoms with Crippen molar-refractivity contribution < 1.29 is 4.79 Å². The highest BCUT2D eigenvalue weighted by Gasteiger charge is 2.30. The zero-order valence-electron chi connectivity index (χ0n) is 16.0. The number of carbonyl (C=O) groups excluding carboxylic acids is 1.